The van der Waals surface area contributed by atoms with Crippen LogP contribution in [0, 0.1) is 11.6 Å². The maximum atomic E-state index is 13.3. The van der Waals surface area contributed by atoms with Gasteiger partial charge in [0.1, 0.15) is 11.6 Å². The van der Waals surface area contributed by atoms with Crippen LogP contribution in [-0.2, 0) is 4.74 Å². The Kier molecular flexibility index (Phi) is 11.1. The number of hydrogen-bond donors (Lipinski definition) is 1. The number of halogens is 3. The van der Waals surface area contributed by atoms with Crippen molar-refractivity contribution in [2.24, 2.45) is 0 Å². The minimum Gasteiger partial charge on any atom is -0.381 e. The smallest absolute Gasteiger partial charge is 0.265 e. The van der Waals surface area contributed by atoms with E-state index in [1.807, 2.05) is 0 Å². The molecular weight excluding hydrogens is 582 g/mol. The fourth-order valence-electron chi connectivity index (χ4n) is 5.35. The molecule has 43 heavy (non-hydrogen) atoms. The number of amides is 1. The summed E-state index contributed by atoms with van der Waals surface area (Å²) in [5, 5.41) is 3.92. The molecule has 1 amide bonds. The first-order valence-electron chi connectivity index (χ1n) is 14.8. The van der Waals surface area contributed by atoms with Crippen LogP contribution < -0.4 is 14.6 Å². The molecule has 7 rings (SSSR count). The molecule has 1 aromatic carbocycles. The molecule has 232 valence electrons. The summed E-state index contributed by atoms with van der Waals surface area (Å²) in [6.45, 7) is 5.23. The third-order valence-corrected chi connectivity index (χ3v) is 8.12. The first kappa shape index (κ1) is 31.0. The van der Waals surface area contributed by atoms with E-state index in [0.29, 0.717) is 23.5 Å². The maximum Gasteiger partial charge on any atom is 0.265 e. The summed E-state index contributed by atoms with van der Waals surface area (Å²) in [5.41, 5.74) is 0.553. The van der Waals surface area contributed by atoms with E-state index in [1.165, 1.54) is 19.2 Å². The van der Waals surface area contributed by atoms with Crippen molar-refractivity contribution < 1.29 is 22.8 Å². The molecule has 4 aliphatic rings. The topological polar surface area (TPSA) is 113 Å². The van der Waals surface area contributed by atoms with Crippen LogP contribution in [0.4, 0.5) is 20.7 Å². The van der Waals surface area contributed by atoms with Gasteiger partial charge in [0.05, 0.1) is 5.56 Å². The fourth-order valence-corrected chi connectivity index (χ4v) is 5.52. The molecule has 0 spiro atoms. The highest BCUT2D eigenvalue weighted by molar-refractivity contribution is 6.13. The number of anilines is 2. The predicted octanol–water partition coefficient (Wildman–Crippen LogP) is 4.22. The molecule has 14 heteroatoms. The van der Waals surface area contributed by atoms with Crippen LogP contribution in [0.5, 0.6) is 0 Å². The molecule has 0 bridgehead atoms. The van der Waals surface area contributed by atoms with Crippen LogP contribution in [-0.4, -0.2) is 88.4 Å². The number of carbonyl (C=O) groups is 1. The monoisotopic (exact) mass is 618 g/mol. The largest absolute Gasteiger partial charge is 0.381 e. The summed E-state index contributed by atoms with van der Waals surface area (Å²) in [6.07, 6.45) is 12.1. The molecule has 11 nitrogen and oxygen atoms in total. The van der Waals surface area contributed by atoms with Gasteiger partial charge in [-0.3, -0.25) is 4.79 Å². The SMILES string of the molecule is C1CCOC1.Fc1ccc(F)cc1.O=C(c1cnc(N2CCC(NCl)C2)nc1)N(C1CC1)C1CCN(c2ncon2)CC1. The van der Waals surface area contributed by atoms with E-state index in [-0.39, 0.29) is 18.0 Å². The van der Waals surface area contributed by atoms with Gasteiger partial charge in [-0.15, -0.1) is 0 Å². The second kappa shape index (κ2) is 15.3. The molecule has 5 heterocycles. The van der Waals surface area contributed by atoms with Gasteiger partial charge in [0.25, 0.3) is 11.9 Å². The van der Waals surface area contributed by atoms with Crippen molar-refractivity contribution in [3.05, 3.63) is 60.3 Å². The van der Waals surface area contributed by atoms with Gasteiger partial charge in [-0.05, 0) is 86.1 Å². The molecule has 1 N–H and O–H groups in total. The van der Waals surface area contributed by atoms with Gasteiger partial charge in [-0.1, -0.05) is 0 Å². The second-order valence-corrected chi connectivity index (χ2v) is 11.2. The van der Waals surface area contributed by atoms with Crippen LogP contribution in [0.25, 0.3) is 0 Å². The number of piperidine rings is 1. The van der Waals surface area contributed by atoms with Gasteiger partial charge in [0.2, 0.25) is 12.3 Å². The highest BCUT2D eigenvalue weighted by Crippen LogP contribution is 2.33. The average molecular weight is 619 g/mol. The van der Waals surface area contributed by atoms with Gasteiger partial charge < -0.3 is 24.0 Å². The molecule has 4 fully saturated rings. The van der Waals surface area contributed by atoms with Gasteiger partial charge in [-0.25, -0.2) is 23.6 Å². The molecule has 1 unspecified atom stereocenters. The summed E-state index contributed by atoms with van der Waals surface area (Å²) in [4.78, 5) is 35.4. The lowest BCUT2D eigenvalue weighted by Gasteiger charge is -2.38. The van der Waals surface area contributed by atoms with Crippen molar-refractivity contribution in [1.29, 1.82) is 0 Å². The lowest BCUT2D eigenvalue weighted by atomic mass is 10.0. The quantitative estimate of drug-likeness (QED) is 0.403. The zero-order chi connectivity index (χ0) is 30.0. The van der Waals surface area contributed by atoms with E-state index < -0.39 is 11.6 Å². The molecule has 3 saturated heterocycles. The average Bonchev–Trinajstić information content (AvgIpc) is 3.49. The number of nitrogens with zero attached hydrogens (tertiary/aromatic N) is 7. The highest BCUT2D eigenvalue weighted by Gasteiger charge is 2.39. The Morgan fingerprint density at radius 1 is 0.860 bits per heavy atom. The van der Waals surface area contributed by atoms with Crippen LogP contribution >= 0.6 is 11.8 Å². The van der Waals surface area contributed by atoms with Crippen LogP contribution in [0.3, 0.4) is 0 Å². The first-order chi connectivity index (χ1) is 21.0. The summed E-state index contributed by atoms with van der Waals surface area (Å²) in [7, 11) is 0. The zero-order valence-electron chi connectivity index (χ0n) is 24.0. The van der Waals surface area contributed by atoms with E-state index >= 15 is 0 Å². The lowest BCUT2D eigenvalue weighted by molar-refractivity contribution is 0.0629. The predicted molar refractivity (Wildman–Crippen MR) is 157 cm³/mol. The Balaban J connectivity index is 0.000000233. The Labute approximate surface area is 254 Å². The van der Waals surface area contributed by atoms with E-state index in [1.54, 1.807) is 12.4 Å². The van der Waals surface area contributed by atoms with Crippen molar-refractivity contribution in [2.75, 3.05) is 49.2 Å². The Hall–Kier alpha value is -3.42. The van der Waals surface area contributed by atoms with Gasteiger partial charge in [0.15, 0.2) is 0 Å². The van der Waals surface area contributed by atoms with Crippen molar-refractivity contribution in [1.82, 2.24) is 29.8 Å². The Morgan fingerprint density at radius 3 is 1.95 bits per heavy atom. The number of nitrogens with one attached hydrogen (secondary N) is 1. The third-order valence-electron chi connectivity index (χ3n) is 7.81. The molecule has 2 aromatic heterocycles. The summed E-state index contributed by atoms with van der Waals surface area (Å²) < 4.78 is 33.6. The molecule has 1 atom stereocenters. The molecular formula is C29H37ClF2N8O3. The van der Waals surface area contributed by atoms with E-state index in [0.717, 1.165) is 95.8 Å². The number of hydrogen-bond acceptors (Lipinski definition) is 10. The van der Waals surface area contributed by atoms with Crippen LogP contribution in [0.2, 0.25) is 0 Å². The summed E-state index contributed by atoms with van der Waals surface area (Å²) >= 11 is 5.73. The molecule has 1 aliphatic carbocycles. The molecule has 0 radical (unpaired) electrons. The number of rotatable bonds is 6. The number of carbonyl (C=O) groups excluding carboxylic acids is 1. The normalized spacial score (nSPS) is 20.2. The fraction of sp³-hybridized carbons (Fsp3) is 0.552. The van der Waals surface area contributed by atoms with Crippen LogP contribution in [0.1, 0.15) is 55.3 Å². The maximum absolute atomic E-state index is 13.3. The van der Waals surface area contributed by atoms with Crippen LogP contribution in [0.15, 0.2) is 47.6 Å². The highest BCUT2D eigenvalue weighted by atomic mass is 35.5. The minimum absolute atomic E-state index is 0.0313. The standard InChI is InChI=1S/C19H25ClN8O2.C6H4F2.C4H8O/c20-24-14-3-6-27(11-14)18-21-9-13(10-22-18)17(29)28(15-1-2-15)16-4-7-26(8-5-16)19-23-12-30-25-19;7-5-1-2-6(8)4-3-5;1-2-4-5-3-1/h9-10,12,14-16,24H,1-8,11H2;1-4H;1-4H2. The van der Waals surface area contributed by atoms with Gasteiger partial charge in [0, 0.05) is 69.9 Å². The Bertz CT molecular complexity index is 1230. The van der Waals surface area contributed by atoms with E-state index in [9.17, 15) is 13.6 Å². The van der Waals surface area contributed by atoms with Crippen molar-refractivity contribution in [3.63, 3.8) is 0 Å². The van der Waals surface area contributed by atoms with Crippen molar-refractivity contribution in [3.8, 4) is 0 Å². The molecule has 3 aliphatic heterocycles. The molecule has 3 aromatic rings. The summed E-state index contributed by atoms with van der Waals surface area (Å²) in [5.74, 6) is 0.476. The lowest BCUT2D eigenvalue weighted by Crippen LogP contribution is -2.48. The summed E-state index contributed by atoms with van der Waals surface area (Å²) in [6, 6.07) is 5.09. The first-order valence-corrected chi connectivity index (χ1v) is 15.2. The minimum atomic E-state index is -0.411. The number of aromatic nitrogens is 4. The number of ether oxygens (including phenoxy) is 1. The van der Waals surface area contributed by atoms with Gasteiger partial charge >= 0.3 is 0 Å². The van der Waals surface area contributed by atoms with E-state index in [2.05, 4.69) is 39.6 Å². The van der Waals surface area contributed by atoms with Crippen molar-refractivity contribution in [2.45, 2.75) is 63.1 Å². The van der Waals surface area contributed by atoms with Gasteiger partial charge in [-0.2, -0.15) is 4.98 Å². The molecule has 1 saturated carbocycles. The zero-order valence-corrected chi connectivity index (χ0v) is 24.7. The van der Waals surface area contributed by atoms with Crippen molar-refractivity contribution >= 4 is 29.6 Å². The third kappa shape index (κ3) is 8.80. The number of benzene rings is 1. The Morgan fingerprint density at radius 2 is 1.47 bits per heavy atom. The second-order valence-electron chi connectivity index (χ2n) is 11.0. The van der Waals surface area contributed by atoms with E-state index in [4.69, 9.17) is 21.0 Å².